The molecular weight excluding hydrogens is 150 g/mol. The van der Waals surface area contributed by atoms with Crippen LogP contribution < -0.4 is 0 Å². The van der Waals surface area contributed by atoms with Gasteiger partial charge in [0.1, 0.15) is 6.33 Å². The van der Waals surface area contributed by atoms with E-state index in [4.69, 9.17) is 5.26 Å². The molecular formula is C9H9N3. The summed E-state index contributed by atoms with van der Waals surface area (Å²) in [4.78, 5) is 8.09. The molecule has 3 heteroatoms. The first-order valence-electron chi connectivity index (χ1n) is 4.10. The fourth-order valence-corrected chi connectivity index (χ4v) is 1.63. The maximum atomic E-state index is 8.83. The average Bonchev–Trinajstić information content (AvgIpc) is 2.17. The molecule has 1 atom stereocenters. The van der Waals surface area contributed by atoms with Crippen molar-refractivity contribution in [1.29, 1.82) is 5.26 Å². The number of nitrogens with zero attached hydrogens (tertiary/aromatic N) is 3. The van der Waals surface area contributed by atoms with Gasteiger partial charge in [0.05, 0.1) is 12.0 Å². The van der Waals surface area contributed by atoms with Crippen LogP contribution in [0.25, 0.3) is 0 Å². The normalized spacial score (nSPS) is 21.1. The maximum Gasteiger partial charge on any atom is 0.115 e. The number of fused-ring (bicyclic) bond motifs is 1. The Hall–Kier alpha value is -1.43. The minimum atomic E-state index is 0.0231. The van der Waals surface area contributed by atoms with Crippen LogP contribution in [0, 0.1) is 11.3 Å². The third-order valence-electron chi connectivity index (χ3n) is 2.26. The summed E-state index contributed by atoms with van der Waals surface area (Å²) >= 11 is 0. The summed E-state index contributed by atoms with van der Waals surface area (Å²) in [6, 6.07) is 2.28. The largest absolute Gasteiger partial charge is 0.244 e. The summed E-state index contributed by atoms with van der Waals surface area (Å²) < 4.78 is 0. The maximum absolute atomic E-state index is 8.83. The number of aromatic nitrogens is 2. The van der Waals surface area contributed by atoms with Gasteiger partial charge >= 0.3 is 0 Å². The van der Waals surface area contributed by atoms with Crippen LogP contribution in [0.15, 0.2) is 12.5 Å². The Balaban J connectivity index is 2.45. The fourth-order valence-electron chi connectivity index (χ4n) is 1.63. The molecule has 1 unspecified atom stereocenters. The smallest absolute Gasteiger partial charge is 0.115 e. The molecule has 60 valence electrons. The van der Waals surface area contributed by atoms with Crippen LogP contribution in [0.2, 0.25) is 0 Å². The summed E-state index contributed by atoms with van der Waals surface area (Å²) in [6.07, 6.45) is 6.35. The second-order valence-electron chi connectivity index (χ2n) is 3.00. The molecule has 0 fully saturated rings. The lowest BCUT2D eigenvalue weighted by Crippen LogP contribution is -2.10. The second kappa shape index (κ2) is 2.90. The first kappa shape index (κ1) is 7.23. The van der Waals surface area contributed by atoms with Crippen molar-refractivity contribution in [1.82, 2.24) is 9.97 Å². The highest BCUT2D eigenvalue weighted by molar-refractivity contribution is 5.28. The number of nitriles is 1. The number of aryl methyl sites for hydroxylation is 1. The average molecular weight is 159 g/mol. The molecule has 0 saturated heterocycles. The van der Waals surface area contributed by atoms with Crippen molar-refractivity contribution < 1.29 is 0 Å². The van der Waals surface area contributed by atoms with Crippen LogP contribution >= 0.6 is 0 Å². The highest BCUT2D eigenvalue weighted by Crippen LogP contribution is 2.28. The summed E-state index contributed by atoms with van der Waals surface area (Å²) in [6.45, 7) is 0. The van der Waals surface area contributed by atoms with E-state index in [1.807, 2.05) is 0 Å². The van der Waals surface area contributed by atoms with Crippen LogP contribution in [0.3, 0.4) is 0 Å². The molecule has 1 aromatic rings. The van der Waals surface area contributed by atoms with Crippen LogP contribution in [0.5, 0.6) is 0 Å². The highest BCUT2D eigenvalue weighted by Gasteiger charge is 2.20. The van der Waals surface area contributed by atoms with Crippen LogP contribution in [-0.4, -0.2) is 9.97 Å². The van der Waals surface area contributed by atoms with E-state index in [-0.39, 0.29) is 5.92 Å². The third kappa shape index (κ3) is 1.06. The summed E-state index contributed by atoms with van der Waals surface area (Å²) in [7, 11) is 0. The van der Waals surface area contributed by atoms with E-state index >= 15 is 0 Å². The Bertz CT molecular complexity index is 327. The van der Waals surface area contributed by atoms with E-state index in [9.17, 15) is 0 Å². The van der Waals surface area contributed by atoms with E-state index in [2.05, 4.69) is 16.0 Å². The van der Waals surface area contributed by atoms with E-state index in [0.29, 0.717) is 0 Å². The molecule has 2 rings (SSSR count). The minimum Gasteiger partial charge on any atom is -0.244 e. The van der Waals surface area contributed by atoms with Crippen LogP contribution in [-0.2, 0) is 6.42 Å². The van der Waals surface area contributed by atoms with Gasteiger partial charge in [-0.2, -0.15) is 5.26 Å². The molecule has 0 aliphatic heterocycles. The van der Waals surface area contributed by atoms with Crippen molar-refractivity contribution in [2.75, 3.05) is 0 Å². The SMILES string of the molecule is N#CC1CCCc2ncncc21. The van der Waals surface area contributed by atoms with Gasteiger partial charge in [-0.25, -0.2) is 9.97 Å². The van der Waals surface area contributed by atoms with E-state index in [1.165, 1.54) is 0 Å². The van der Waals surface area contributed by atoms with Gasteiger partial charge in [0.25, 0.3) is 0 Å². The molecule has 0 spiro atoms. The Morgan fingerprint density at radius 3 is 3.33 bits per heavy atom. The molecule has 12 heavy (non-hydrogen) atoms. The quantitative estimate of drug-likeness (QED) is 0.575. The van der Waals surface area contributed by atoms with E-state index < -0.39 is 0 Å². The summed E-state index contributed by atoms with van der Waals surface area (Å²) in [5.74, 6) is 0.0231. The zero-order valence-electron chi connectivity index (χ0n) is 6.70. The predicted molar refractivity (Wildman–Crippen MR) is 43.3 cm³/mol. The van der Waals surface area contributed by atoms with Crippen molar-refractivity contribution in [3.05, 3.63) is 23.8 Å². The zero-order valence-corrected chi connectivity index (χ0v) is 6.70. The van der Waals surface area contributed by atoms with Gasteiger partial charge in [0, 0.05) is 17.5 Å². The number of hydrogen-bond acceptors (Lipinski definition) is 3. The first-order chi connectivity index (χ1) is 5.92. The molecule has 1 heterocycles. The number of hydrogen-bond donors (Lipinski definition) is 0. The molecule has 1 aliphatic carbocycles. The molecule has 0 N–H and O–H groups in total. The van der Waals surface area contributed by atoms with Crippen molar-refractivity contribution in [3.63, 3.8) is 0 Å². The van der Waals surface area contributed by atoms with Gasteiger partial charge in [0.15, 0.2) is 0 Å². The summed E-state index contributed by atoms with van der Waals surface area (Å²) in [5.41, 5.74) is 2.09. The molecule has 0 saturated carbocycles. The molecule has 0 bridgehead atoms. The van der Waals surface area contributed by atoms with Crippen molar-refractivity contribution in [2.24, 2.45) is 0 Å². The van der Waals surface area contributed by atoms with Crippen LogP contribution in [0.4, 0.5) is 0 Å². The van der Waals surface area contributed by atoms with Gasteiger partial charge in [0.2, 0.25) is 0 Å². The Labute approximate surface area is 71.1 Å². The van der Waals surface area contributed by atoms with Crippen molar-refractivity contribution in [2.45, 2.75) is 25.2 Å². The van der Waals surface area contributed by atoms with Crippen molar-refractivity contribution >= 4 is 0 Å². The topological polar surface area (TPSA) is 49.6 Å². The lowest BCUT2D eigenvalue weighted by atomic mass is 9.88. The van der Waals surface area contributed by atoms with Crippen LogP contribution in [0.1, 0.15) is 30.0 Å². The monoisotopic (exact) mass is 159 g/mol. The highest BCUT2D eigenvalue weighted by atomic mass is 14.8. The number of rotatable bonds is 0. The third-order valence-corrected chi connectivity index (χ3v) is 2.26. The molecule has 1 aromatic heterocycles. The lowest BCUT2D eigenvalue weighted by molar-refractivity contribution is 0.617. The van der Waals surface area contributed by atoms with Crippen molar-refractivity contribution in [3.8, 4) is 6.07 Å². The van der Waals surface area contributed by atoms with E-state index in [1.54, 1.807) is 12.5 Å². The molecule has 1 aliphatic rings. The Morgan fingerprint density at radius 2 is 2.50 bits per heavy atom. The molecule has 0 radical (unpaired) electrons. The standard InChI is InChI=1S/C9H9N3/c10-4-7-2-1-3-9-8(7)5-11-6-12-9/h5-7H,1-3H2. The van der Waals surface area contributed by atoms with Gasteiger partial charge in [-0.1, -0.05) is 0 Å². The zero-order chi connectivity index (χ0) is 8.39. The fraction of sp³-hybridized carbons (Fsp3) is 0.444. The van der Waals surface area contributed by atoms with Gasteiger partial charge in [-0.3, -0.25) is 0 Å². The Kier molecular flexibility index (Phi) is 1.75. The summed E-state index contributed by atoms with van der Waals surface area (Å²) in [5, 5.41) is 8.83. The van der Waals surface area contributed by atoms with Gasteiger partial charge in [-0.15, -0.1) is 0 Å². The molecule has 3 nitrogen and oxygen atoms in total. The predicted octanol–water partition coefficient (Wildman–Crippen LogP) is 1.42. The Morgan fingerprint density at radius 1 is 1.58 bits per heavy atom. The lowest BCUT2D eigenvalue weighted by Gasteiger charge is -2.17. The minimum absolute atomic E-state index is 0.0231. The van der Waals surface area contributed by atoms with Gasteiger partial charge < -0.3 is 0 Å². The first-order valence-corrected chi connectivity index (χ1v) is 4.10. The second-order valence-corrected chi connectivity index (χ2v) is 3.00. The van der Waals surface area contributed by atoms with E-state index in [0.717, 1.165) is 30.5 Å². The molecule has 0 amide bonds. The molecule has 0 aromatic carbocycles. The van der Waals surface area contributed by atoms with Gasteiger partial charge in [-0.05, 0) is 19.3 Å².